The summed E-state index contributed by atoms with van der Waals surface area (Å²) in [6.07, 6.45) is 0. The van der Waals surface area contributed by atoms with E-state index in [4.69, 9.17) is 5.26 Å². The summed E-state index contributed by atoms with van der Waals surface area (Å²) < 4.78 is 0. The standard InChI is InChI=1S/C14H10BNO/c16-10-11-4-3-6-13(8-11)15-9-12-5-1-2-7-14(12)17/h1-9,17H. The summed E-state index contributed by atoms with van der Waals surface area (Å²) in [5.41, 5.74) is 2.33. The van der Waals surface area contributed by atoms with E-state index in [0.29, 0.717) is 5.56 Å². The molecule has 0 aliphatic rings. The van der Waals surface area contributed by atoms with Crippen molar-refractivity contribution in [2.24, 2.45) is 0 Å². The Kier molecular flexibility index (Phi) is 3.37. The summed E-state index contributed by atoms with van der Waals surface area (Å²) in [5, 5.41) is 18.4. The predicted octanol–water partition coefficient (Wildman–Crippen LogP) is 1.44. The first kappa shape index (κ1) is 11.2. The van der Waals surface area contributed by atoms with Crippen molar-refractivity contribution in [2.75, 3.05) is 0 Å². The Morgan fingerprint density at radius 2 is 1.94 bits per heavy atom. The predicted molar refractivity (Wildman–Crippen MR) is 69.8 cm³/mol. The molecule has 0 aromatic heterocycles. The van der Waals surface area contributed by atoms with Crippen LogP contribution in [0.4, 0.5) is 0 Å². The van der Waals surface area contributed by atoms with Gasteiger partial charge in [-0.15, -0.1) is 0 Å². The third kappa shape index (κ3) is 2.82. The van der Waals surface area contributed by atoms with E-state index >= 15 is 0 Å². The number of rotatable bonds is 2. The first-order valence-electron chi connectivity index (χ1n) is 5.26. The van der Waals surface area contributed by atoms with Crippen LogP contribution in [0.5, 0.6) is 5.75 Å². The molecule has 0 saturated heterocycles. The van der Waals surface area contributed by atoms with Gasteiger partial charge in [0.15, 0.2) is 0 Å². The Bertz CT molecular complexity index is 599. The molecule has 80 valence electrons. The summed E-state index contributed by atoms with van der Waals surface area (Å²) >= 11 is 0. The SMILES string of the molecule is N#Cc1cccc(/B=C/c2ccccc2O)c1. The van der Waals surface area contributed by atoms with Crippen LogP contribution >= 0.6 is 0 Å². The molecule has 2 aromatic carbocycles. The molecule has 1 N–H and O–H groups in total. The van der Waals surface area contributed by atoms with Gasteiger partial charge in [0.05, 0.1) is 0 Å². The molecule has 3 heteroatoms. The Balaban J connectivity index is 2.27. The molecule has 0 spiro atoms. The summed E-state index contributed by atoms with van der Waals surface area (Å²) in [7, 11) is 0. The van der Waals surface area contributed by atoms with Gasteiger partial charge in [0.2, 0.25) is 0 Å². The van der Waals surface area contributed by atoms with Crippen LogP contribution in [0.2, 0.25) is 0 Å². The average molecular weight is 219 g/mol. The van der Waals surface area contributed by atoms with Gasteiger partial charge in [-0.05, 0) is 0 Å². The summed E-state index contributed by atoms with van der Waals surface area (Å²) in [4.78, 5) is 0. The van der Waals surface area contributed by atoms with Gasteiger partial charge in [-0.25, -0.2) is 0 Å². The van der Waals surface area contributed by atoms with E-state index in [1.807, 2.05) is 37.2 Å². The maximum absolute atomic E-state index is 9.59. The number of hydrogen-bond donors (Lipinski definition) is 1. The van der Waals surface area contributed by atoms with Crippen molar-refractivity contribution in [3.8, 4) is 11.8 Å². The van der Waals surface area contributed by atoms with E-state index in [1.165, 1.54) is 0 Å². The molecule has 0 unspecified atom stereocenters. The molecule has 0 amide bonds. The number of para-hydroxylation sites is 1. The normalized spacial score (nSPS) is 9.82. The van der Waals surface area contributed by atoms with E-state index in [1.54, 1.807) is 24.3 Å². The van der Waals surface area contributed by atoms with Crippen LogP contribution < -0.4 is 5.46 Å². The Morgan fingerprint density at radius 1 is 1.12 bits per heavy atom. The van der Waals surface area contributed by atoms with Crippen molar-refractivity contribution in [1.29, 1.82) is 5.26 Å². The minimum absolute atomic E-state index is 0.250. The zero-order valence-corrected chi connectivity index (χ0v) is 9.17. The van der Waals surface area contributed by atoms with Crippen molar-refractivity contribution in [1.82, 2.24) is 0 Å². The fourth-order valence-corrected chi connectivity index (χ4v) is 1.53. The fraction of sp³-hybridized carbons (Fsp3) is 0. The van der Waals surface area contributed by atoms with Crippen LogP contribution in [0.15, 0.2) is 48.5 Å². The number of phenols is 1. The fourth-order valence-electron chi connectivity index (χ4n) is 1.53. The van der Waals surface area contributed by atoms with Crippen molar-refractivity contribution < 1.29 is 5.11 Å². The van der Waals surface area contributed by atoms with Gasteiger partial charge >= 0.3 is 100 Å². The number of phenolic OH excluding ortho intramolecular Hbond substituents is 1. The average Bonchev–Trinajstić information content (AvgIpc) is 2.38. The molecule has 2 nitrogen and oxygen atoms in total. The number of hydrogen-bond acceptors (Lipinski definition) is 2. The summed E-state index contributed by atoms with van der Waals surface area (Å²) in [6, 6.07) is 16.5. The second kappa shape index (κ2) is 5.13. The quantitative estimate of drug-likeness (QED) is 0.776. The molecule has 0 atom stereocenters. The van der Waals surface area contributed by atoms with E-state index < -0.39 is 0 Å². The van der Waals surface area contributed by atoms with Gasteiger partial charge in [0, 0.05) is 0 Å². The molecule has 0 heterocycles. The number of aromatic hydroxyl groups is 1. The molecule has 0 bridgehead atoms. The van der Waals surface area contributed by atoms with Crippen molar-refractivity contribution >= 4 is 18.4 Å². The van der Waals surface area contributed by atoms with E-state index in [-0.39, 0.29) is 5.75 Å². The zero-order valence-electron chi connectivity index (χ0n) is 9.17. The van der Waals surface area contributed by atoms with Crippen LogP contribution in [0.1, 0.15) is 11.1 Å². The van der Waals surface area contributed by atoms with Crippen molar-refractivity contribution in [3.05, 3.63) is 59.7 Å². The second-order valence-corrected chi connectivity index (χ2v) is 3.63. The van der Waals surface area contributed by atoms with Gasteiger partial charge in [-0.3, -0.25) is 0 Å². The Hall–Kier alpha value is -2.34. The molecule has 0 radical (unpaired) electrons. The summed E-state index contributed by atoms with van der Waals surface area (Å²) in [6.45, 7) is 1.87. The van der Waals surface area contributed by atoms with Crippen LogP contribution in [0.3, 0.4) is 0 Å². The molecule has 0 aliphatic carbocycles. The minimum atomic E-state index is 0.250. The topological polar surface area (TPSA) is 44.0 Å². The van der Waals surface area contributed by atoms with Crippen LogP contribution in [-0.2, 0) is 0 Å². The Labute approximate surface area is 101 Å². The zero-order chi connectivity index (χ0) is 12.1. The van der Waals surface area contributed by atoms with E-state index in [0.717, 1.165) is 11.0 Å². The first-order valence-corrected chi connectivity index (χ1v) is 5.26. The van der Waals surface area contributed by atoms with Gasteiger partial charge in [-0.1, -0.05) is 0 Å². The van der Waals surface area contributed by atoms with E-state index in [9.17, 15) is 5.11 Å². The first-order chi connectivity index (χ1) is 8.29. The van der Waals surface area contributed by atoms with Crippen molar-refractivity contribution in [2.45, 2.75) is 0 Å². The molecular formula is C14H10BNO. The third-order valence-corrected chi connectivity index (χ3v) is 2.41. The van der Waals surface area contributed by atoms with Crippen LogP contribution in [0, 0.1) is 11.3 Å². The van der Waals surface area contributed by atoms with Gasteiger partial charge in [-0.2, -0.15) is 0 Å². The monoisotopic (exact) mass is 219 g/mol. The van der Waals surface area contributed by atoms with Crippen LogP contribution in [-0.4, -0.2) is 18.0 Å². The molecular weight excluding hydrogens is 209 g/mol. The molecule has 17 heavy (non-hydrogen) atoms. The number of nitriles is 1. The number of benzene rings is 2. The van der Waals surface area contributed by atoms with Gasteiger partial charge in [0.25, 0.3) is 0 Å². The summed E-state index contributed by atoms with van der Waals surface area (Å²) in [5.74, 6) is 2.08. The molecule has 2 aromatic rings. The second-order valence-electron chi connectivity index (χ2n) is 3.63. The van der Waals surface area contributed by atoms with Gasteiger partial charge < -0.3 is 0 Å². The molecule has 0 fully saturated rings. The Morgan fingerprint density at radius 3 is 2.71 bits per heavy atom. The van der Waals surface area contributed by atoms with E-state index in [2.05, 4.69) is 6.07 Å². The molecule has 0 aliphatic heterocycles. The molecule has 2 rings (SSSR count). The number of nitrogens with zero attached hydrogens (tertiary/aromatic N) is 1. The van der Waals surface area contributed by atoms with Crippen molar-refractivity contribution in [3.63, 3.8) is 0 Å². The maximum atomic E-state index is 9.59. The molecule has 0 saturated carbocycles. The van der Waals surface area contributed by atoms with Crippen LogP contribution in [0.25, 0.3) is 0 Å². The third-order valence-electron chi connectivity index (χ3n) is 2.41. The van der Waals surface area contributed by atoms with Gasteiger partial charge in [0.1, 0.15) is 0 Å².